The van der Waals surface area contributed by atoms with Gasteiger partial charge in [0, 0.05) is 23.0 Å². The van der Waals surface area contributed by atoms with E-state index in [1.54, 1.807) is 6.07 Å². The van der Waals surface area contributed by atoms with E-state index in [0.717, 1.165) is 16.6 Å². The van der Waals surface area contributed by atoms with Gasteiger partial charge >= 0.3 is 0 Å². The predicted molar refractivity (Wildman–Crippen MR) is 51.6 cm³/mol. The molecular weight excluding hydrogens is 188 g/mol. The van der Waals surface area contributed by atoms with Gasteiger partial charge in [-0.1, -0.05) is 16.8 Å². The van der Waals surface area contributed by atoms with E-state index in [1.165, 1.54) is 0 Å². The van der Waals surface area contributed by atoms with Crippen LogP contribution in [0.3, 0.4) is 0 Å². The lowest BCUT2D eigenvalue weighted by atomic mass is 10.1. The van der Waals surface area contributed by atoms with Crippen molar-refractivity contribution in [1.82, 2.24) is 5.16 Å². The monoisotopic (exact) mass is 196 g/mol. The van der Waals surface area contributed by atoms with Crippen LogP contribution in [-0.4, -0.2) is 5.16 Å². The number of nitrogens with two attached hydrogens (primary N) is 1. The number of nitrogens with zero attached hydrogens (tertiary/aromatic N) is 1. The molecule has 0 saturated heterocycles. The highest BCUT2D eigenvalue weighted by atomic mass is 35.5. The van der Waals surface area contributed by atoms with Crippen molar-refractivity contribution < 1.29 is 4.52 Å². The number of fused-ring (bicyclic) bond motifs is 1. The molecule has 0 fully saturated rings. The zero-order valence-electron chi connectivity index (χ0n) is 7.17. The summed E-state index contributed by atoms with van der Waals surface area (Å²) in [5, 5.41) is 5.45. The molecule has 0 aliphatic rings. The molecule has 0 radical (unpaired) electrons. The third-order valence-electron chi connectivity index (χ3n) is 2.04. The average Bonchev–Trinajstić information content (AvgIpc) is 2.46. The Kier molecular flexibility index (Phi) is 1.98. The van der Waals surface area contributed by atoms with Crippen LogP contribution >= 0.6 is 11.6 Å². The van der Waals surface area contributed by atoms with Crippen LogP contribution in [0.15, 0.2) is 16.7 Å². The van der Waals surface area contributed by atoms with Gasteiger partial charge in [0.1, 0.15) is 0 Å². The highest BCUT2D eigenvalue weighted by Gasteiger charge is 2.07. The largest absolute Gasteiger partial charge is 0.356 e. The smallest absolute Gasteiger partial charge is 0.168 e. The number of hydrogen-bond acceptors (Lipinski definition) is 3. The van der Waals surface area contributed by atoms with Crippen molar-refractivity contribution in [2.45, 2.75) is 13.5 Å². The molecule has 4 heteroatoms. The van der Waals surface area contributed by atoms with E-state index in [1.807, 2.05) is 13.0 Å². The van der Waals surface area contributed by atoms with E-state index >= 15 is 0 Å². The fourth-order valence-electron chi connectivity index (χ4n) is 1.28. The van der Waals surface area contributed by atoms with Crippen LogP contribution in [0, 0.1) is 6.92 Å². The van der Waals surface area contributed by atoms with E-state index in [0.29, 0.717) is 17.2 Å². The van der Waals surface area contributed by atoms with Crippen LogP contribution < -0.4 is 5.73 Å². The lowest BCUT2D eigenvalue weighted by molar-refractivity contribution is 0.450. The molecule has 0 bridgehead atoms. The third kappa shape index (κ3) is 1.30. The summed E-state index contributed by atoms with van der Waals surface area (Å²) in [4.78, 5) is 0. The Morgan fingerprint density at radius 1 is 1.54 bits per heavy atom. The highest BCUT2D eigenvalue weighted by Crippen LogP contribution is 2.25. The molecule has 0 saturated carbocycles. The first-order valence-corrected chi connectivity index (χ1v) is 4.34. The van der Waals surface area contributed by atoms with E-state index in [-0.39, 0.29) is 0 Å². The Morgan fingerprint density at radius 2 is 2.31 bits per heavy atom. The summed E-state index contributed by atoms with van der Waals surface area (Å²) in [6, 6.07) is 3.67. The quantitative estimate of drug-likeness (QED) is 0.761. The Balaban J connectivity index is 2.77. The fourth-order valence-corrected chi connectivity index (χ4v) is 1.51. The lowest BCUT2D eigenvalue weighted by Crippen LogP contribution is -1.96. The average molecular weight is 197 g/mol. The van der Waals surface area contributed by atoms with Crippen molar-refractivity contribution >= 4 is 22.6 Å². The Hall–Kier alpha value is -1.06. The summed E-state index contributed by atoms with van der Waals surface area (Å²) in [6.45, 7) is 2.32. The van der Waals surface area contributed by atoms with Gasteiger partial charge in [-0.15, -0.1) is 0 Å². The molecule has 2 rings (SSSR count). The minimum absolute atomic E-state index is 0.430. The van der Waals surface area contributed by atoms with Gasteiger partial charge in [-0.3, -0.25) is 0 Å². The van der Waals surface area contributed by atoms with Crippen molar-refractivity contribution in [2.75, 3.05) is 0 Å². The van der Waals surface area contributed by atoms with E-state index in [2.05, 4.69) is 5.16 Å². The normalized spacial score (nSPS) is 11.0. The molecule has 0 atom stereocenters. The fraction of sp³-hybridized carbons (Fsp3) is 0.222. The molecule has 0 amide bonds. The molecule has 1 aromatic carbocycles. The maximum absolute atomic E-state index is 5.94. The first kappa shape index (κ1) is 8.53. The standard InChI is InChI=1S/C9H9ClN2O/c1-5-7-2-6(4-11)8(10)3-9(7)13-12-5/h2-3H,4,11H2,1H3. The first-order chi connectivity index (χ1) is 6.22. The molecule has 2 N–H and O–H groups in total. The van der Waals surface area contributed by atoms with Crippen LogP contribution in [0.2, 0.25) is 5.02 Å². The van der Waals surface area contributed by atoms with Gasteiger partial charge in [0.15, 0.2) is 5.58 Å². The summed E-state index contributed by atoms with van der Waals surface area (Å²) < 4.78 is 5.05. The summed E-state index contributed by atoms with van der Waals surface area (Å²) in [5.74, 6) is 0. The van der Waals surface area contributed by atoms with Gasteiger partial charge in [-0.2, -0.15) is 0 Å². The van der Waals surface area contributed by atoms with Crippen LogP contribution in [0.5, 0.6) is 0 Å². The molecule has 0 aliphatic carbocycles. The topological polar surface area (TPSA) is 52.0 Å². The maximum atomic E-state index is 5.94. The van der Waals surface area contributed by atoms with Gasteiger partial charge in [0.25, 0.3) is 0 Å². The maximum Gasteiger partial charge on any atom is 0.168 e. The minimum atomic E-state index is 0.430. The second kappa shape index (κ2) is 3.01. The van der Waals surface area contributed by atoms with Crippen molar-refractivity contribution in [1.29, 1.82) is 0 Å². The van der Waals surface area contributed by atoms with Crippen molar-refractivity contribution in [2.24, 2.45) is 5.73 Å². The van der Waals surface area contributed by atoms with Gasteiger partial charge in [0.05, 0.1) is 5.69 Å². The van der Waals surface area contributed by atoms with Gasteiger partial charge in [0.2, 0.25) is 0 Å². The van der Waals surface area contributed by atoms with Gasteiger partial charge in [-0.05, 0) is 18.6 Å². The number of aryl methyl sites for hydroxylation is 1. The molecule has 3 nitrogen and oxygen atoms in total. The summed E-state index contributed by atoms with van der Waals surface area (Å²) in [7, 11) is 0. The highest BCUT2D eigenvalue weighted by molar-refractivity contribution is 6.32. The lowest BCUT2D eigenvalue weighted by Gasteiger charge is -1.99. The minimum Gasteiger partial charge on any atom is -0.356 e. The molecule has 1 aromatic heterocycles. The molecule has 13 heavy (non-hydrogen) atoms. The molecule has 1 heterocycles. The Morgan fingerprint density at radius 3 is 3.00 bits per heavy atom. The first-order valence-electron chi connectivity index (χ1n) is 3.97. The van der Waals surface area contributed by atoms with Crippen molar-refractivity contribution in [3.8, 4) is 0 Å². The number of halogens is 1. The van der Waals surface area contributed by atoms with Crippen LogP contribution in [0.25, 0.3) is 11.0 Å². The van der Waals surface area contributed by atoms with Crippen LogP contribution in [0.4, 0.5) is 0 Å². The molecule has 68 valence electrons. The van der Waals surface area contributed by atoms with Crippen molar-refractivity contribution in [3.63, 3.8) is 0 Å². The van der Waals surface area contributed by atoms with E-state index in [4.69, 9.17) is 21.9 Å². The Bertz CT molecular complexity index is 450. The molecule has 0 aliphatic heterocycles. The second-order valence-corrected chi connectivity index (χ2v) is 3.32. The number of rotatable bonds is 1. The van der Waals surface area contributed by atoms with Crippen molar-refractivity contribution in [3.05, 3.63) is 28.4 Å². The number of benzene rings is 1. The third-order valence-corrected chi connectivity index (χ3v) is 2.39. The molecule has 2 aromatic rings. The molecule has 0 spiro atoms. The van der Waals surface area contributed by atoms with Gasteiger partial charge in [-0.25, -0.2) is 0 Å². The molecule has 0 unspecified atom stereocenters. The summed E-state index contributed by atoms with van der Waals surface area (Å²) >= 11 is 5.94. The van der Waals surface area contributed by atoms with Crippen LogP contribution in [0.1, 0.15) is 11.3 Å². The second-order valence-electron chi connectivity index (χ2n) is 2.91. The number of hydrogen-bond donors (Lipinski definition) is 1. The Labute approximate surface area is 80.5 Å². The van der Waals surface area contributed by atoms with Gasteiger partial charge < -0.3 is 10.3 Å². The molecular formula is C9H9ClN2O. The summed E-state index contributed by atoms with van der Waals surface area (Å²) in [5.41, 5.74) is 8.01. The summed E-state index contributed by atoms with van der Waals surface area (Å²) in [6.07, 6.45) is 0. The SMILES string of the molecule is Cc1noc2cc(Cl)c(CN)cc12. The predicted octanol–water partition coefficient (Wildman–Crippen LogP) is 2.25. The zero-order chi connectivity index (χ0) is 9.42. The van der Waals surface area contributed by atoms with E-state index < -0.39 is 0 Å². The van der Waals surface area contributed by atoms with E-state index in [9.17, 15) is 0 Å². The van der Waals surface area contributed by atoms with Crippen LogP contribution in [-0.2, 0) is 6.54 Å². The zero-order valence-corrected chi connectivity index (χ0v) is 7.93. The number of aromatic nitrogens is 1.